The molecule has 1 aromatic carbocycles. The Labute approximate surface area is 101 Å². The molecule has 0 N–H and O–H groups in total. The Hall–Kier alpha value is -1.48. The van der Waals surface area contributed by atoms with E-state index in [4.69, 9.17) is 4.74 Å². The number of carbonyl (C=O) groups excluding carboxylic acids is 2. The monoisotopic (exact) mass is 232 g/mol. The SMILES string of the molecule is CCc1ccc(C(=O)C2COCCC2=O)cc1. The van der Waals surface area contributed by atoms with Crippen molar-refractivity contribution in [3.8, 4) is 0 Å². The van der Waals surface area contributed by atoms with Crippen molar-refractivity contribution in [2.75, 3.05) is 13.2 Å². The first-order chi connectivity index (χ1) is 8.22. The van der Waals surface area contributed by atoms with Crippen LogP contribution in [-0.4, -0.2) is 24.8 Å². The van der Waals surface area contributed by atoms with Crippen LogP contribution in [0.25, 0.3) is 0 Å². The average Bonchev–Trinajstić information content (AvgIpc) is 2.39. The first-order valence-corrected chi connectivity index (χ1v) is 5.96. The van der Waals surface area contributed by atoms with E-state index < -0.39 is 5.92 Å². The molecular formula is C14H16O3. The van der Waals surface area contributed by atoms with Crippen LogP contribution in [0.15, 0.2) is 24.3 Å². The molecule has 0 aliphatic carbocycles. The van der Waals surface area contributed by atoms with Gasteiger partial charge in [0, 0.05) is 12.0 Å². The van der Waals surface area contributed by atoms with Crippen LogP contribution < -0.4 is 0 Å². The predicted molar refractivity (Wildman–Crippen MR) is 64.1 cm³/mol. The molecule has 17 heavy (non-hydrogen) atoms. The van der Waals surface area contributed by atoms with Gasteiger partial charge in [0.25, 0.3) is 0 Å². The molecule has 3 nitrogen and oxygen atoms in total. The highest BCUT2D eigenvalue weighted by atomic mass is 16.5. The van der Waals surface area contributed by atoms with Crippen molar-refractivity contribution in [3.05, 3.63) is 35.4 Å². The van der Waals surface area contributed by atoms with E-state index in [-0.39, 0.29) is 18.2 Å². The molecule has 0 aromatic heterocycles. The second-order valence-electron chi connectivity index (χ2n) is 4.26. The summed E-state index contributed by atoms with van der Waals surface area (Å²) in [6, 6.07) is 7.45. The van der Waals surface area contributed by atoms with Gasteiger partial charge in [-0.15, -0.1) is 0 Å². The number of ether oxygens (including phenoxy) is 1. The van der Waals surface area contributed by atoms with Crippen LogP contribution >= 0.6 is 0 Å². The van der Waals surface area contributed by atoms with Crippen molar-refractivity contribution in [1.82, 2.24) is 0 Å². The van der Waals surface area contributed by atoms with Crippen LogP contribution in [0.4, 0.5) is 0 Å². The van der Waals surface area contributed by atoms with Gasteiger partial charge in [0.2, 0.25) is 0 Å². The Morgan fingerprint density at radius 3 is 2.65 bits per heavy atom. The molecule has 0 bridgehead atoms. The molecule has 1 atom stereocenters. The van der Waals surface area contributed by atoms with Gasteiger partial charge in [-0.3, -0.25) is 9.59 Å². The number of hydrogen-bond acceptors (Lipinski definition) is 3. The van der Waals surface area contributed by atoms with E-state index in [1.54, 1.807) is 12.1 Å². The second kappa shape index (κ2) is 5.23. The van der Waals surface area contributed by atoms with E-state index in [0.717, 1.165) is 6.42 Å². The smallest absolute Gasteiger partial charge is 0.175 e. The van der Waals surface area contributed by atoms with Crippen LogP contribution in [0.1, 0.15) is 29.3 Å². The molecule has 90 valence electrons. The first-order valence-electron chi connectivity index (χ1n) is 5.96. The van der Waals surface area contributed by atoms with Gasteiger partial charge in [-0.05, 0) is 12.0 Å². The highest BCUT2D eigenvalue weighted by Gasteiger charge is 2.30. The third-order valence-electron chi connectivity index (χ3n) is 3.13. The fraction of sp³-hybridized carbons (Fsp3) is 0.429. The minimum absolute atomic E-state index is 0.000757. The number of ketones is 2. The molecule has 2 rings (SSSR count). The Morgan fingerprint density at radius 1 is 1.35 bits per heavy atom. The van der Waals surface area contributed by atoms with Crippen molar-refractivity contribution in [2.45, 2.75) is 19.8 Å². The quantitative estimate of drug-likeness (QED) is 0.591. The van der Waals surface area contributed by atoms with Crippen LogP contribution in [-0.2, 0) is 16.0 Å². The summed E-state index contributed by atoms with van der Waals surface area (Å²) in [6.07, 6.45) is 1.30. The van der Waals surface area contributed by atoms with E-state index in [2.05, 4.69) is 6.92 Å². The van der Waals surface area contributed by atoms with E-state index >= 15 is 0 Å². The van der Waals surface area contributed by atoms with Gasteiger partial charge in [-0.1, -0.05) is 31.2 Å². The third kappa shape index (κ3) is 2.61. The molecule has 1 saturated heterocycles. The number of carbonyl (C=O) groups is 2. The predicted octanol–water partition coefficient (Wildman–Crippen LogP) is 2.04. The number of Topliss-reactive ketones (excluding diaryl/α,β-unsaturated/α-hetero) is 2. The molecule has 3 heteroatoms. The molecule has 1 aliphatic rings. The fourth-order valence-corrected chi connectivity index (χ4v) is 1.97. The lowest BCUT2D eigenvalue weighted by atomic mass is 9.91. The van der Waals surface area contributed by atoms with Gasteiger partial charge in [-0.25, -0.2) is 0 Å². The first kappa shape index (κ1) is 12.0. The molecule has 1 aromatic rings. The minimum atomic E-state index is -0.601. The van der Waals surface area contributed by atoms with Crippen molar-refractivity contribution < 1.29 is 14.3 Å². The van der Waals surface area contributed by atoms with Crippen LogP contribution in [0.3, 0.4) is 0 Å². The molecule has 1 aliphatic heterocycles. The highest BCUT2D eigenvalue weighted by molar-refractivity contribution is 6.11. The van der Waals surface area contributed by atoms with Gasteiger partial charge >= 0.3 is 0 Å². The number of hydrogen-bond donors (Lipinski definition) is 0. The van der Waals surface area contributed by atoms with E-state index in [9.17, 15) is 9.59 Å². The maximum Gasteiger partial charge on any atom is 0.175 e. The Balaban J connectivity index is 2.15. The van der Waals surface area contributed by atoms with Crippen molar-refractivity contribution in [2.24, 2.45) is 5.92 Å². The molecule has 0 spiro atoms. The Morgan fingerprint density at radius 2 is 2.06 bits per heavy atom. The maximum absolute atomic E-state index is 12.1. The Kier molecular flexibility index (Phi) is 3.69. The van der Waals surface area contributed by atoms with E-state index in [0.29, 0.717) is 18.6 Å². The third-order valence-corrected chi connectivity index (χ3v) is 3.13. The van der Waals surface area contributed by atoms with Gasteiger partial charge in [0.1, 0.15) is 11.7 Å². The van der Waals surface area contributed by atoms with Gasteiger partial charge in [0.15, 0.2) is 5.78 Å². The van der Waals surface area contributed by atoms with E-state index in [1.807, 2.05) is 12.1 Å². The summed E-state index contributed by atoms with van der Waals surface area (Å²) < 4.78 is 5.20. The van der Waals surface area contributed by atoms with Gasteiger partial charge in [-0.2, -0.15) is 0 Å². The van der Waals surface area contributed by atoms with Gasteiger partial charge in [0.05, 0.1) is 13.2 Å². The normalized spacial score (nSPS) is 20.3. The van der Waals surface area contributed by atoms with Gasteiger partial charge < -0.3 is 4.74 Å². The zero-order chi connectivity index (χ0) is 12.3. The minimum Gasteiger partial charge on any atom is -0.380 e. The lowest BCUT2D eigenvalue weighted by molar-refractivity contribution is -0.128. The van der Waals surface area contributed by atoms with Crippen molar-refractivity contribution in [1.29, 1.82) is 0 Å². The summed E-state index contributed by atoms with van der Waals surface area (Å²) in [7, 11) is 0. The Bertz CT molecular complexity index is 420. The van der Waals surface area contributed by atoms with E-state index in [1.165, 1.54) is 5.56 Å². The standard InChI is InChI=1S/C14H16O3/c1-2-10-3-5-11(6-4-10)14(16)12-9-17-8-7-13(12)15/h3-6,12H,2,7-9H2,1H3. The summed E-state index contributed by atoms with van der Waals surface area (Å²) in [4.78, 5) is 23.7. The topological polar surface area (TPSA) is 43.4 Å². The zero-order valence-corrected chi connectivity index (χ0v) is 9.94. The van der Waals surface area contributed by atoms with Crippen molar-refractivity contribution in [3.63, 3.8) is 0 Å². The molecule has 0 radical (unpaired) electrons. The summed E-state index contributed by atoms with van der Waals surface area (Å²) in [5.41, 5.74) is 1.79. The lowest BCUT2D eigenvalue weighted by Gasteiger charge is -2.19. The van der Waals surface area contributed by atoms with Crippen LogP contribution in [0.5, 0.6) is 0 Å². The lowest BCUT2D eigenvalue weighted by Crippen LogP contribution is -2.33. The van der Waals surface area contributed by atoms with Crippen molar-refractivity contribution >= 4 is 11.6 Å². The number of rotatable bonds is 3. The largest absolute Gasteiger partial charge is 0.380 e. The molecule has 1 heterocycles. The second-order valence-corrected chi connectivity index (χ2v) is 4.26. The summed E-state index contributed by atoms with van der Waals surface area (Å²) in [5, 5.41) is 0. The maximum atomic E-state index is 12.1. The van der Waals surface area contributed by atoms with Crippen LogP contribution in [0.2, 0.25) is 0 Å². The molecule has 0 saturated carbocycles. The van der Waals surface area contributed by atoms with Crippen LogP contribution in [0, 0.1) is 5.92 Å². The number of aryl methyl sites for hydroxylation is 1. The molecule has 0 amide bonds. The molecule has 1 unspecified atom stereocenters. The molecular weight excluding hydrogens is 216 g/mol. The highest BCUT2D eigenvalue weighted by Crippen LogP contribution is 2.17. The fourth-order valence-electron chi connectivity index (χ4n) is 1.97. The number of benzene rings is 1. The average molecular weight is 232 g/mol. The summed E-state index contributed by atoms with van der Waals surface area (Å²) >= 11 is 0. The molecule has 1 fully saturated rings. The summed E-state index contributed by atoms with van der Waals surface area (Å²) in [6.45, 7) is 2.74. The zero-order valence-electron chi connectivity index (χ0n) is 9.94. The summed E-state index contributed by atoms with van der Waals surface area (Å²) in [5.74, 6) is -0.714.